The van der Waals surface area contributed by atoms with Gasteiger partial charge in [0.25, 0.3) is 11.8 Å². The van der Waals surface area contributed by atoms with Crippen LogP contribution in [-0.4, -0.2) is 140 Å². The Morgan fingerprint density at radius 2 is 0.887 bits per heavy atom. The lowest BCUT2D eigenvalue weighted by atomic mass is 9.89. The standard InChI is InChI=1S/C41H46N2O19/c1-20(44)54-18-29-33(57-22(3)46)35(59-24(5)48)31(42-39(51)27-15-11-8-12-16-27)37(61-29)40(52)43-32-36(60-25(6)49)34(58-23(4)47)30(19-55-21(2)45)62-38(32)41(53)56-17-28(50)26-13-9-7-10-14-26/h7-16,29-38H,17-19H2,1-6H3,(H,42,51)(H,43,52)/t29-,30-,31-,32-,33-,34-,35-,36-,37-,38-/m1/s1. The fraction of sp³-hybridized carbons (Fsp3) is 0.463. The molecular formula is C41H46N2O19. The monoisotopic (exact) mass is 870 g/mol. The van der Waals surface area contributed by atoms with Gasteiger partial charge in [-0.3, -0.25) is 43.2 Å². The second-order valence-corrected chi connectivity index (χ2v) is 13.9. The summed E-state index contributed by atoms with van der Waals surface area (Å²) in [6.45, 7) is 3.86. The minimum absolute atomic E-state index is 0.0609. The molecule has 2 aliphatic heterocycles. The molecule has 0 bridgehead atoms. The highest BCUT2D eigenvalue weighted by Crippen LogP contribution is 2.31. The molecule has 2 aromatic carbocycles. The van der Waals surface area contributed by atoms with E-state index in [0.29, 0.717) is 0 Å². The van der Waals surface area contributed by atoms with Gasteiger partial charge in [-0.1, -0.05) is 48.5 Å². The molecule has 0 unspecified atom stereocenters. The van der Waals surface area contributed by atoms with Crippen molar-refractivity contribution in [3.05, 3.63) is 71.8 Å². The third-order valence-electron chi connectivity index (χ3n) is 9.07. The number of hydrogen-bond acceptors (Lipinski definition) is 19. The average Bonchev–Trinajstić information content (AvgIpc) is 3.21. The summed E-state index contributed by atoms with van der Waals surface area (Å²) in [6, 6.07) is 11.6. The molecule has 2 amide bonds. The summed E-state index contributed by atoms with van der Waals surface area (Å²) < 4.78 is 49.8. The number of rotatable bonds is 16. The van der Waals surface area contributed by atoms with E-state index in [2.05, 4.69) is 10.6 Å². The molecule has 0 radical (unpaired) electrons. The molecule has 4 rings (SSSR count). The van der Waals surface area contributed by atoms with Gasteiger partial charge in [0.05, 0.1) is 0 Å². The summed E-state index contributed by atoms with van der Waals surface area (Å²) in [5.41, 5.74) is 0.233. The average molecular weight is 871 g/mol. The van der Waals surface area contributed by atoms with Gasteiger partial charge in [-0.25, -0.2) is 4.79 Å². The Kier molecular flexibility index (Phi) is 17.2. The number of hydrogen-bond donors (Lipinski definition) is 2. The van der Waals surface area contributed by atoms with Gasteiger partial charge in [0.15, 0.2) is 49.0 Å². The van der Waals surface area contributed by atoms with E-state index in [0.717, 1.165) is 41.5 Å². The van der Waals surface area contributed by atoms with Crippen molar-refractivity contribution in [2.45, 2.75) is 102 Å². The maximum Gasteiger partial charge on any atom is 0.338 e. The molecule has 21 heteroatoms. The number of carbonyl (C=O) groups is 10. The van der Waals surface area contributed by atoms with Crippen molar-refractivity contribution in [3.8, 4) is 0 Å². The van der Waals surface area contributed by atoms with Gasteiger partial charge in [-0.2, -0.15) is 0 Å². The van der Waals surface area contributed by atoms with Crippen LogP contribution in [0.5, 0.6) is 0 Å². The lowest BCUT2D eigenvalue weighted by Crippen LogP contribution is -2.72. The SMILES string of the molecule is CC(=O)OC[C@H]1O[C@@H](C(=O)N[C@@H]2[C@@H](OC(C)=O)[C@H](OC(C)=O)[C@@H](COC(C)=O)O[C@H]2C(=O)OCC(=O)c2ccccc2)[C@H](NC(=O)c2ccccc2)[C@@H](OC(C)=O)[C@@H]1OC(C)=O. The third kappa shape index (κ3) is 13.4. The zero-order valence-corrected chi connectivity index (χ0v) is 34.4. The minimum atomic E-state index is -2.03. The van der Waals surface area contributed by atoms with E-state index in [1.807, 2.05) is 0 Å². The maximum atomic E-state index is 14.8. The molecule has 2 saturated heterocycles. The zero-order valence-electron chi connectivity index (χ0n) is 34.4. The Bertz CT molecular complexity index is 1990. The van der Waals surface area contributed by atoms with Gasteiger partial charge >= 0.3 is 41.8 Å². The van der Waals surface area contributed by atoms with E-state index >= 15 is 0 Å². The first kappa shape index (κ1) is 47.9. The molecule has 2 N–H and O–H groups in total. The third-order valence-corrected chi connectivity index (χ3v) is 9.07. The number of ether oxygens (including phenoxy) is 9. The first-order valence-electron chi connectivity index (χ1n) is 19.0. The fourth-order valence-electron chi connectivity index (χ4n) is 6.62. The van der Waals surface area contributed by atoms with Gasteiger partial charge in [0, 0.05) is 52.7 Å². The summed E-state index contributed by atoms with van der Waals surface area (Å²) in [5.74, 6) is -9.56. The van der Waals surface area contributed by atoms with Crippen LogP contribution in [0.2, 0.25) is 0 Å². The largest absolute Gasteiger partial charge is 0.463 e. The zero-order chi connectivity index (χ0) is 45.7. The summed E-state index contributed by atoms with van der Waals surface area (Å²) in [6.07, 6.45) is -14.0. The fourth-order valence-corrected chi connectivity index (χ4v) is 6.62. The van der Waals surface area contributed by atoms with Crippen LogP contribution in [0, 0.1) is 0 Å². The Morgan fingerprint density at radius 1 is 0.484 bits per heavy atom. The lowest BCUT2D eigenvalue weighted by Gasteiger charge is -2.47. The highest BCUT2D eigenvalue weighted by atomic mass is 16.6. The highest BCUT2D eigenvalue weighted by molar-refractivity contribution is 5.98. The van der Waals surface area contributed by atoms with Crippen LogP contribution in [0.3, 0.4) is 0 Å². The van der Waals surface area contributed by atoms with Gasteiger partial charge in [-0.05, 0) is 12.1 Å². The number of amides is 2. The summed E-state index contributed by atoms with van der Waals surface area (Å²) in [5, 5.41) is 5.06. The first-order chi connectivity index (χ1) is 29.4. The van der Waals surface area contributed by atoms with Crippen molar-refractivity contribution in [1.82, 2.24) is 10.6 Å². The van der Waals surface area contributed by atoms with Gasteiger partial charge in [-0.15, -0.1) is 0 Å². The molecule has 334 valence electrons. The van der Waals surface area contributed by atoms with E-state index in [4.69, 9.17) is 42.6 Å². The van der Waals surface area contributed by atoms with E-state index in [-0.39, 0.29) is 11.1 Å². The van der Waals surface area contributed by atoms with Crippen LogP contribution < -0.4 is 10.6 Å². The van der Waals surface area contributed by atoms with Crippen LogP contribution >= 0.6 is 0 Å². The van der Waals surface area contributed by atoms with Crippen LogP contribution in [0.25, 0.3) is 0 Å². The highest BCUT2D eigenvalue weighted by Gasteiger charge is 2.57. The molecule has 0 aliphatic carbocycles. The smallest absolute Gasteiger partial charge is 0.338 e. The van der Waals surface area contributed by atoms with Crippen LogP contribution in [0.1, 0.15) is 62.3 Å². The second kappa shape index (κ2) is 22.2. The quantitative estimate of drug-likeness (QED) is 0.128. The maximum absolute atomic E-state index is 14.8. The Labute approximate surface area is 354 Å². The molecule has 2 aromatic rings. The molecule has 0 aromatic heterocycles. The minimum Gasteiger partial charge on any atom is -0.463 e. The van der Waals surface area contributed by atoms with Crippen molar-refractivity contribution in [2.75, 3.05) is 19.8 Å². The second-order valence-electron chi connectivity index (χ2n) is 13.9. The van der Waals surface area contributed by atoms with Crippen molar-refractivity contribution < 1.29 is 90.6 Å². The molecular weight excluding hydrogens is 824 g/mol. The predicted molar refractivity (Wildman–Crippen MR) is 204 cm³/mol. The number of benzene rings is 2. The van der Waals surface area contributed by atoms with Crippen molar-refractivity contribution in [1.29, 1.82) is 0 Å². The molecule has 0 saturated carbocycles. The van der Waals surface area contributed by atoms with Crippen molar-refractivity contribution in [2.24, 2.45) is 0 Å². The van der Waals surface area contributed by atoms with Gasteiger partial charge in [0.2, 0.25) is 0 Å². The molecule has 2 fully saturated rings. The topological polar surface area (TPSA) is 278 Å². The Balaban J connectivity index is 1.84. The van der Waals surface area contributed by atoms with Crippen LogP contribution in [0.4, 0.5) is 0 Å². The molecule has 2 aliphatic rings. The first-order valence-corrected chi connectivity index (χ1v) is 19.0. The summed E-state index contributed by atoms with van der Waals surface area (Å²) in [4.78, 5) is 129. The molecule has 0 spiro atoms. The van der Waals surface area contributed by atoms with Crippen LogP contribution in [0.15, 0.2) is 60.7 Å². The number of ketones is 1. The Hall–Kier alpha value is -6.74. The van der Waals surface area contributed by atoms with E-state index in [1.54, 1.807) is 24.3 Å². The Morgan fingerprint density at radius 3 is 1.32 bits per heavy atom. The molecule has 62 heavy (non-hydrogen) atoms. The number of esters is 7. The summed E-state index contributed by atoms with van der Waals surface area (Å²) in [7, 11) is 0. The van der Waals surface area contributed by atoms with Gasteiger partial charge < -0.3 is 53.3 Å². The van der Waals surface area contributed by atoms with E-state index in [1.165, 1.54) is 36.4 Å². The van der Waals surface area contributed by atoms with E-state index < -0.39 is 140 Å². The lowest BCUT2D eigenvalue weighted by molar-refractivity contribution is -0.232. The van der Waals surface area contributed by atoms with Crippen LogP contribution in [-0.2, 0) is 81.0 Å². The van der Waals surface area contributed by atoms with E-state index in [9.17, 15) is 47.9 Å². The number of nitrogens with one attached hydrogen (secondary N) is 2. The number of carbonyl (C=O) groups excluding carboxylic acids is 10. The normalized spacial score (nSPS) is 25.3. The predicted octanol–water partition coefficient (Wildman–Crippen LogP) is 0.0837. The number of Topliss-reactive ketones (excluding diaryl/α,β-unsaturated/α-hetero) is 1. The van der Waals surface area contributed by atoms with Crippen molar-refractivity contribution >= 4 is 59.4 Å². The van der Waals surface area contributed by atoms with Gasteiger partial charge in [0.1, 0.15) is 37.5 Å². The molecule has 10 atom stereocenters. The molecule has 2 heterocycles. The summed E-state index contributed by atoms with van der Waals surface area (Å²) >= 11 is 0. The molecule has 21 nitrogen and oxygen atoms in total. The van der Waals surface area contributed by atoms with Crippen molar-refractivity contribution in [3.63, 3.8) is 0 Å².